The molecule has 0 aromatic heterocycles. The highest BCUT2D eigenvalue weighted by molar-refractivity contribution is 5.28. The highest BCUT2D eigenvalue weighted by Gasteiger charge is 2.13. The molecular formula is C20H33N3O. The van der Waals surface area contributed by atoms with Crippen LogP contribution in [-0.4, -0.2) is 80.7 Å². The van der Waals surface area contributed by atoms with E-state index in [1.54, 1.807) is 0 Å². The van der Waals surface area contributed by atoms with E-state index in [1.165, 1.54) is 70.6 Å². The Kier molecular flexibility index (Phi) is 6.94. The van der Waals surface area contributed by atoms with Crippen molar-refractivity contribution in [3.63, 3.8) is 0 Å². The smallest absolute Gasteiger partial charge is 0.119 e. The average Bonchev–Trinajstić information content (AvgIpc) is 3.11. The molecule has 2 aliphatic heterocycles. The molecule has 0 amide bonds. The normalized spacial score (nSPS) is 20.5. The van der Waals surface area contributed by atoms with Crippen LogP contribution >= 0.6 is 0 Å². The van der Waals surface area contributed by atoms with Gasteiger partial charge in [-0.05, 0) is 70.1 Å². The molecular weight excluding hydrogens is 298 g/mol. The predicted molar refractivity (Wildman–Crippen MR) is 99.9 cm³/mol. The van der Waals surface area contributed by atoms with Gasteiger partial charge in [0.15, 0.2) is 0 Å². The van der Waals surface area contributed by atoms with E-state index in [2.05, 4.69) is 46.0 Å². The highest BCUT2D eigenvalue weighted by atomic mass is 16.5. The van der Waals surface area contributed by atoms with Gasteiger partial charge in [-0.3, -0.25) is 4.90 Å². The molecule has 134 valence electrons. The van der Waals surface area contributed by atoms with Crippen LogP contribution in [0.3, 0.4) is 0 Å². The van der Waals surface area contributed by atoms with Crippen molar-refractivity contribution in [3.05, 3.63) is 29.8 Å². The largest absolute Gasteiger partial charge is 0.492 e. The fraction of sp³-hybridized carbons (Fsp3) is 0.700. The highest BCUT2D eigenvalue weighted by Crippen LogP contribution is 2.15. The first kappa shape index (κ1) is 17.7. The van der Waals surface area contributed by atoms with Crippen molar-refractivity contribution in [2.75, 3.05) is 66.0 Å². The minimum Gasteiger partial charge on any atom is -0.492 e. The van der Waals surface area contributed by atoms with Crippen LogP contribution in [0.4, 0.5) is 0 Å². The van der Waals surface area contributed by atoms with Crippen molar-refractivity contribution in [2.45, 2.75) is 25.7 Å². The summed E-state index contributed by atoms with van der Waals surface area (Å²) in [5, 5.41) is 0. The molecule has 0 radical (unpaired) electrons. The van der Waals surface area contributed by atoms with Gasteiger partial charge in [0, 0.05) is 32.7 Å². The molecule has 4 heteroatoms. The Morgan fingerprint density at radius 2 is 1.67 bits per heavy atom. The van der Waals surface area contributed by atoms with Gasteiger partial charge in [0.1, 0.15) is 12.4 Å². The van der Waals surface area contributed by atoms with Crippen LogP contribution in [0.2, 0.25) is 0 Å². The van der Waals surface area contributed by atoms with Gasteiger partial charge in [0.25, 0.3) is 0 Å². The van der Waals surface area contributed by atoms with Crippen molar-refractivity contribution >= 4 is 0 Å². The fourth-order valence-electron chi connectivity index (χ4n) is 3.67. The third kappa shape index (κ3) is 5.76. The average molecular weight is 332 g/mol. The molecule has 3 rings (SSSR count). The maximum Gasteiger partial charge on any atom is 0.119 e. The lowest BCUT2D eigenvalue weighted by molar-refractivity contribution is 0.153. The fourth-order valence-corrected chi connectivity index (χ4v) is 3.67. The lowest BCUT2D eigenvalue weighted by Crippen LogP contribution is -2.44. The molecule has 1 aromatic rings. The maximum atomic E-state index is 5.96. The molecule has 0 bridgehead atoms. The Morgan fingerprint density at radius 3 is 2.46 bits per heavy atom. The van der Waals surface area contributed by atoms with Gasteiger partial charge in [-0.25, -0.2) is 0 Å². The molecule has 2 aliphatic rings. The molecule has 1 aromatic carbocycles. The second kappa shape index (κ2) is 9.40. The summed E-state index contributed by atoms with van der Waals surface area (Å²) in [6, 6.07) is 8.69. The Balaban J connectivity index is 1.35. The molecule has 24 heavy (non-hydrogen) atoms. The molecule has 2 heterocycles. The molecule has 0 unspecified atom stereocenters. The number of hydrogen-bond donors (Lipinski definition) is 0. The maximum absolute atomic E-state index is 5.96. The number of likely N-dealkylation sites (tertiary alicyclic amines) is 1. The van der Waals surface area contributed by atoms with Crippen LogP contribution in [-0.2, 0) is 6.42 Å². The SMILES string of the molecule is CN1CCN(CCCc2cccc(OCCN3CCCC3)c2)CC1. The van der Waals surface area contributed by atoms with Crippen molar-refractivity contribution in [2.24, 2.45) is 0 Å². The minimum atomic E-state index is 0.810. The third-order valence-corrected chi connectivity index (χ3v) is 5.31. The van der Waals surface area contributed by atoms with E-state index in [4.69, 9.17) is 4.74 Å². The van der Waals surface area contributed by atoms with Crippen LogP contribution in [0.15, 0.2) is 24.3 Å². The first-order chi connectivity index (χ1) is 11.8. The number of hydrogen-bond acceptors (Lipinski definition) is 4. The summed E-state index contributed by atoms with van der Waals surface area (Å²) in [7, 11) is 2.21. The van der Waals surface area contributed by atoms with Gasteiger partial charge in [-0.1, -0.05) is 12.1 Å². The van der Waals surface area contributed by atoms with Crippen LogP contribution in [0.1, 0.15) is 24.8 Å². The van der Waals surface area contributed by atoms with Crippen molar-refractivity contribution in [1.29, 1.82) is 0 Å². The second-order valence-electron chi connectivity index (χ2n) is 7.29. The van der Waals surface area contributed by atoms with E-state index in [-0.39, 0.29) is 0 Å². The van der Waals surface area contributed by atoms with E-state index >= 15 is 0 Å². The quantitative estimate of drug-likeness (QED) is 0.728. The zero-order valence-electron chi connectivity index (χ0n) is 15.3. The van der Waals surface area contributed by atoms with Gasteiger partial charge < -0.3 is 14.5 Å². The molecule has 0 saturated carbocycles. The van der Waals surface area contributed by atoms with Crippen molar-refractivity contribution in [1.82, 2.24) is 14.7 Å². The first-order valence-electron chi connectivity index (χ1n) is 9.64. The number of aryl methyl sites for hydroxylation is 1. The van der Waals surface area contributed by atoms with Gasteiger partial charge >= 0.3 is 0 Å². The Labute approximate surface area is 147 Å². The molecule has 2 fully saturated rings. The van der Waals surface area contributed by atoms with Crippen LogP contribution in [0.5, 0.6) is 5.75 Å². The van der Waals surface area contributed by atoms with Crippen LogP contribution in [0, 0.1) is 0 Å². The van der Waals surface area contributed by atoms with Gasteiger partial charge in [-0.15, -0.1) is 0 Å². The van der Waals surface area contributed by atoms with Gasteiger partial charge in [0.05, 0.1) is 0 Å². The zero-order chi connectivity index (χ0) is 16.6. The molecule has 0 N–H and O–H groups in total. The second-order valence-corrected chi connectivity index (χ2v) is 7.29. The lowest BCUT2D eigenvalue weighted by atomic mass is 10.1. The number of piperazine rings is 1. The number of benzene rings is 1. The van der Waals surface area contributed by atoms with E-state index < -0.39 is 0 Å². The molecule has 0 aliphatic carbocycles. The van der Waals surface area contributed by atoms with Crippen LogP contribution in [0.25, 0.3) is 0 Å². The van der Waals surface area contributed by atoms with Crippen LogP contribution < -0.4 is 4.74 Å². The predicted octanol–water partition coefficient (Wildman–Crippen LogP) is 2.34. The van der Waals surface area contributed by atoms with Gasteiger partial charge in [0.2, 0.25) is 0 Å². The summed E-state index contributed by atoms with van der Waals surface area (Å²) in [4.78, 5) is 7.51. The minimum absolute atomic E-state index is 0.810. The lowest BCUT2D eigenvalue weighted by Gasteiger charge is -2.32. The topological polar surface area (TPSA) is 19.0 Å². The molecule has 4 nitrogen and oxygen atoms in total. The first-order valence-corrected chi connectivity index (χ1v) is 9.64. The Hall–Kier alpha value is -1.10. The van der Waals surface area contributed by atoms with E-state index in [0.29, 0.717) is 0 Å². The molecule has 0 spiro atoms. The van der Waals surface area contributed by atoms with E-state index in [0.717, 1.165) is 25.3 Å². The summed E-state index contributed by atoms with van der Waals surface area (Å²) in [6.07, 6.45) is 5.09. The Bertz CT molecular complexity index is 480. The van der Waals surface area contributed by atoms with E-state index in [9.17, 15) is 0 Å². The van der Waals surface area contributed by atoms with Crippen molar-refractivity contribution < 1.29 is 4.74 Å². The zero-order valence-corrected chi connectivity index (χ0v) is 15.3. The monoisotopic (exact) mass is 331 g/mol. The van der Waals surface area contributed by atoms with Crippen molar-refractivity contribution in [3.8, 4) is 5.75 Å². The number of nitrogens with zero attached hydrogens (tertiary/aromatic N) is 3. The summed E-state index contributed by atoms with van der Waals surface area (Å²) >= 11 is 0. The summed E-state index contributed by atoms with van der Waals surface area (Å²) in [6.45, 7) is 10.4. The molecule has 2 saturated heterocycles. The number of rotatable bonds is 8. The number of likely N-dealkylation sites (N-methyl/N-ethyl adjacent to an activating group) is 1. The van der Waals surface area contributed by atoms with E-state index in [1.807, 2.05) is 0 Å². The van der Waals surface area contributed by atoms with Gasteiger partial charge in [-0.2, -0.15) is 0 Å². The molecule has 0 atom stereocenters. The summed E-state index contributed by atoms with van der Waals surface area (Å²) in [5.74, 6) is 1.03. The standard InChI is InChI=1S/C20H33N3O/c1-21-12-14-23(15-13-21)11-5-7-19-6-4-8-20(18-19)24-17-16-22-9-2-3-10-22/h4,6,8,18H,2-3,5,7,9-17H2,1H3. The Morgan fingerprint density at radius 1 is 0.917 bits per heavy atom. The number of ether oxygens (including phenoxy) is 1. The summed E-state index contributed by atoms with van der Waals surface area (Å²) < 4.78 is 5.96. The third-order valence-electron chi connectivity index (χ3n) is 5.31. The summed E-state index contributed by atoms with van der Waals surface area (Å²) in [5.41, 5.74) is 1.41.